The highest BCUT2D eigenvalue weighted by Gasteiger charge is 2.34. The molecule has 0 bridgehead atoms. The van der Waals surface area contributed by atoms with Crippen LogP contribution in [0.2, 0.25) is 0 Å². The number of carbonyl (C=O) groups excluding carboxylic acids is 2. The fourth-order valence-electron chi connectivity index (χ4n) is 2.86. The van der Waals surface area contributed by atoms with Crippen molar-refractivity contribution >= 4 is 34.7 Å². The van der Waals surface area contributed by atoms with Crippen LogP contribution >= 0.6 is 11.8 Å². The second-order valence-electron chi connectivity index (χ2n) is 6.44. The van der Waals surface area contributed by atoms with E-state index >= 15 is 0 Å². The molecule has 1 heterocycles. The fourth-order valence-corrected chi connectivity index (χ4v) is 3.71. The van der Waals surface area contributed by atoms with Gasteiger partial charge in [0.1, 0.15) is 6.61 Å². The van der Waals surface area contributed by atoms with Gasteiger partial charge in [0.25, 0.3) is 16.8 Å². The van der Waals surface area contributed by atoms with E-state index < -0.39 is 4.92 Å². The lowest BCUT2D eigenvalue weighted by Gasteiger charge is -2.13. The molecule has 2 aromatic rings. The number of rotatable bonds is 9. The Hall–Kier alpha value is -3.59. The van der Waals surface area contributed by atoms with Gasteiger partial charge in [0, 0.05) is 18.7 Å². The summed E-state index contributed by atoms with van der Waals surface area (Å²) in [4.78, 5) is 36.3. The number of amides is 2. The van der Waals surface area contributed by atoms with Crippen LogP contribution in [0.25, 0.3) is 6.08 Å². The van der Waals surface area contributed by atoms with Gasteiger partial charge in [-0.3, -0.25) is 24.6 Å². The number of carbonyl (C=O) groups is 2. The highest BCUT2D eigenvalue weighted by atomic mass is 32.2. The molecule has 0 aromatic heterocycles. The summed E-state index contributed by atoms with van der Waals surface area (Å²) >= 11 is 0.875. The van der Waals surface area contributed by atoms with Crippen LogP contribution in [0.15, 0.2) is 60.0 Å². The van der Waals surface area contributed by atoms with Crippen LogP contribution in [0.4, 0.5) is 10.5 Å². The monoisotopic (exact) mass is 440 g/mol. The van der Waals surface area contributed by atoms with Gasteiger partial charge in [-0.1, -0.05) is 24.3 Å². The lowest BCUT2D eigenvalue weighted by Crippen LogP contribution is -2.27. The van der Waals surface area contributed by atoms with Crippen molar-refractivity contribution in [3.05, 3.63) is 81.3 Å². The number of hydrogen-bond acceptors (Lipinski definition) is 7. The van der Waals surface area contributed by atoms with Crippen molar-refractivity contribution in [1.82, 2.24) is 4.90 Å². The summed E-state index contributed by atoms with van der Waals surface area (Å²) in [7, 11) is 0. The van der Waals surface area contributed by atoms with Gasteiger partial charge in [-0.15, -0.1) is 6.58 Å². The molecule has 0 atom stereocenters. The van der Waals surface area contributed by atoms with Crippen LogP contribution < -0.4 is 9.47 Å². The van der Waals surface area contributed by atoms with E-state index in [1.54, 1.807) is 36.4 Å². The molecule has 1 saturated heterocycles. The molecule has 9 heteroatoms. The average molecular weight is 440 g/mol. The number of nitro benzene ring substituents is 1. The van der Waals surface area contributed by atoms with Gasteiger partial charge in [0.15, 0.2) is 11.5 Å². The zero-order valence-electron chi connectivity index (χ0n) is 16.8. The van der Waals surface area contributed by atoms with Gasteiger partial charge >= 0.3 is 0 Å². The van der Waals surface area contributed by atoms with Crippen molar-refractivity contribution in [3.63, 3.8) is 0 Å². The van der Waals surface area contributed by atoms with E-state index in [0.717, 1.165) is 16.7 Å². The minimum Gasteiger partial charge on any atom is -0.490 e. The summed E-state index contributed by atoms with van der Waals surface area (Å²) < 4.78 is 11.5. The summed E-state index contributed by atoms with van der Waals surface area (Å²) in [5.74, 6) is 0.566. The van der Waals surface area contributed by atoms with Gasteiger partial charge in [-0.25, -0.2) is 0 Å². The predicted molar refractivity (Wildman–Crippen MR) is 118 cm³/mol. The molecule has 8 nitrogen and oxygen atoms in total. The first kappa shape index (κ1) is 22.1. The number of ether oxygens (including phenoxy) is 2. The van der Waals surface area contributed by atoms with E-state index in [0.29, 0.717) is 34.1 Å². The molecular formula is C22H20N2O6S. The predicted octanol–water partition coefficient (Wildman–Crippen LogP) is 4.79. The van der Waals surface area contributed by atoms with E-state index in [2.05, 4.69) is 6.58 Å². The van der Waals surface area contributed by atoms with Crippen LogP contribution in [0.3, 0.4) is 0 Å². The Bertz CT molecular complexity index is 1070. The molecule has 0 unspecified atom stereocenters. The number of hydrogen-bond donors (Lipinski definition) is 0. The SMILES string of the molecule is C=CCN1C(=O)S/C(=C/c2ccc(OCc3cccc([N+](=O)[O-])c3)c(OCC)c2)C1=O. The van der Waals surface area contributed by atoms with Gasteiger partial charge < -0.3 is 9.47 Å². The minimum atomic E-state index is -0.458. The molecule has 0 aliphatic carbocycles. The van der Waals surface area contributed by atoms with E-state index in [-0.39, 0.29) is 30.0 Å². The van der Waals surface area contributed by atoms with Crippen LogP contribution in [-0.4, -0.2) is 34.1 Å². The molecule has 0 radical (unpaired) electrons. The Morgan fingerprint density at radius 1 is 1.16 bits per heavy atom. The Kier molecular flexibility index (Phi) is 7.09. The normalized spacial score (nSPS) is 14.7. The topological polar surface area (TPSA) is 99.0 Å². The molecule has 160 valence electrons. The second kappa shape index (κ2) is 9.94. The third-order valence-corrected chi connectivity index (χ3v) is 5.17. The number of nitro groups is 1. The summed E-state index contributed by atoms with van der Waals surface area (Å²) in [5.41, 5.74) is 1.32. The van der Waals surface area contributed by atoms with Gasteiger partial charge in [0.05, 0.1) is 16.4 Å². The molecule has 2 aromatic carbocycles. The first-order valence-electron chi connectivity index (χ1n) is 9.42. The first-order valence-corrected chi connectivity index (χ1v) is 10.2. The summed E-state index contributed by atoms with van der Waals surface area (Å²) in [6, 6.07) is 11.4. The van der Waals surface area contributed by atoms with E-state index in [9.17, 15) is 19.7 Å². The van der Waals surface area contributed by atoms with Crippen molar-refractivity contribution < 1.29 is 24.0 Å². The molecule has 1 fully saturated rings. The highest BCUT2D eigenvalue weighted by Crippen LogP contribution is 2.35. The van der Waals surface area contributed by atoms with Crippen molar-refractivity contribution in [2.24, 2.45) is 0 Å². The summed E-state index contributed by atoms with van der Waals surface area (Å²) in [5, 5.41) is 10.6. The summed E-state index contributed by atoms with van der Waals surface area (Å²) in [6.45, 7) is 6.07. The van der Waals surface area contributed by atoms with Crippen LogP contribution in [0.1, 0.15) is 18.1 Å². The quantitative estimate of drug-likeness (QED) is 0.239. The second-order valence-corrected chi connectivity index (χ2v) is 7.43. The van der Waals surface area contributed by atoms with Gasteiger partial charge in [0.2, 0.25) is 0 Å². The lowest BCUT2D eigenvalue weighted by molar-refractivity contribution is -0.384. The average Bonchev–Trinajstić information content (AvgIpc) is 3.01. The van der Waals surface area contributed by atoms with Crippen molar-refractivity contribution in [3.8, 4) is 11.5 Å². The molecule has 0 spiro atoms. The standard InChI is InChI=1S/C22H20N2O6S/c1-3-10-23-21(25)20(31-22(23)26)13-15-8-9-18(19(12-15)29-4-2)30-14-16-6-5-7-17(11-16)24(27)28/h3,5-9,11-13H,1,4,10,14H2,2H3/b20-13+. The first-order chi connectivity index (χ1) is 14.9. The van der Waals surface area contributed by atoms with Crippen LogP contribution in [0, 0.1) is 10.1 Å². The highest BCUT2D eigenvalue weighted by molar-refractivity contribution is 8.18. The van der Waals surface area contributed by atoms with Gasteiger partial charge in [-0.2, -0.15) is 0 Å². The maximum absolute atomic E-state index is 12.4. The van der Waals surface area contributed by atoms with E-state index in [4.69, 9.17) is 9.47 Å². The smallest absolute Gasteiger partial charge is 0.293 e. The Morgan fingerprint density at radius 2 is 1.97 bits per heavy atom. The molecular weight excluding hydrogens is 420 g/mol. The van der Waals surface area contributed by atoms with Crippen molar-refractivity contribution in [1.29, 1.82) is 0 Å². The molecule has 0 saturated carbocycles. The number of non-ortho nitro benzene ring substituents is 1. The number of imide groups is 1. The maximum atomic E-state index is 12.4. The van der Waals surface area contributed by atoms with Crippen molar-refractivity contribution in [2.45, 2.75) is 13.5 Å². The molecule has 1 aliphatic rings. The van der Waals surface area contributed by atoms with E-state index in [1.807, 2.05) is 6.92 Å². The van der Waals surface area contributed by atoms with E-state index in [1.165, 1.54) is 18.2 Å². The zero-order valence-corrected chi connectivity index (χ0v) is 17.6. The lowest BCUT2D eigenvalue weighted by atomic mass is 10.1. The third-order valence-electron chi connectivity index (χ3n) is 4.27. The largest absolute Gasteiger partial charge is 0.490 e. The zero-order chi connectivity index (χ0) is 22.4. The van der Waals surface area contributed by atoms with Crippen LogP contribution in [-0.2, 0) is 11.4 Å². The number of benzene rings is 2. The molecule has 0 N–H and O–H groups in total. The van der Waals surface area contributed by atoms with Gasteiger partial charge in [-0.05, 0) is 48.0 Å². The molecule has 1 aliphatic heterocycles. The number of thioether (sulfide) groups is 1. The third kappa shape index (κ3) is 5.32. The Balaban J connectivity index is 1.79. The minimum absolute atomic E-state index is 0.00752. The maximum Gasteiger partial charge on any atom is 0.293 e. The Morgan fingerprint density at radius 3 is 2.68 bits per heavy atom. The van der Waals surface area contributed by atoms with Crippen molar-refractivity contribution in [2.75, 3.05) is 13.2 Å². The molecule has 3 rings (SSSR count). The molecule has 31 heavy (non-hydrogen) atoms. The summed E-state index contributed by atoms with van der Waals surface area (Å²) in [6.07, 6.45) is 3.13. The Labute approximate surface area is 183 Å². The number of nitrogens with zero attached hydrogens (tertiary/aromatic N) is 2. The fraction of sp³-hybridized carbons (Fsp3) is 0.182. The molecule has 2 amide bonds. The van der Waals surface area contributed by atoms with Crippen LogP contribution in [0.5, 0.6) is 11.5 Å².